The van der Waals surface area contributed by atoms with Crippen LogP contribution in [0.3, 0.4) is 0 Å². The van der Waals surface area contributed by atoms with Crippen LogP contribution >= 0.6 is 38.5 Å². The molecule has 2 rings (SSSR count). The summed E-state index contributed by atoms with van der Waals surface area (Å²) in [6.45, 7) is 0. The van der Waals surface area contributed by atoms with Gasteiger partial charge in [-0.25, -0.2) is 0 Å². The molecule has 0 spiro atoms. The number of rotatable bonds is 3. The zero-order valence-corrected chi connectivity index (χ0v) is 14.2. The third-order valence-electron chi connectivity index (χ3n) is 2.62. The number of phenolic OH excluding ortho intramolecular Hbond substituents is 1. The maximum Gasteiger partial charge on any atom is 0.255 e. The summed E-state index contributed by atoms with van der Waals surface area (Å²) >= 11 is 5.34. The Bertz CT molecular complexity index is 661. The molecule has 4 nitrogen and oxygen atoms in total. The Kier molecular flexibility index (Phi) is 4.87. The second kappa shape index (κ2) is 6.45. The van der Waals surface area contributed by atoms with E-state index in [1.165, 1.54) is 13.2 Å². The molecule has 0 aliphatic heterocycles. The number of ether oxygens (including phenoxy) is 1. The Hall–Kier alpha value is -1.28. The van der Waals surface area contributed by atoms with Gasteiger partial charge in [0.1, 0.15) is 11.5 Å². The van der Waals surface area contributed by atoms with Gasteiger partial charge in [0.05, 0.1) is 16.4 Å². The van der Waals surface area contributed by atoms with E-state index in [0.29, 0.717) is 20.6 Å². The molecule has 0 fully saturated rings. The highest BCUT2D eigenvalue weighted by molar-refractivity contribution is 14.1. The number of hydrogen-bond acceptors (Lipinski definition) is 3. The highest BCUT2D eigenvalue weighted by atomic mass is 127. The fourth-order valence-corrected chi connectivity index (χ4v) is 2.32. The predicted molar refractivity (Wildman–Crippen MR) is 89.5 cm³/mol. The summed E-state index contributed by atoms with van der Waals surface area (Å²) in [6, 6.07) is 10.1. The Morgan fingerprint density at radius 3 is 2.70 bits per heavy atom. The second-order valence-electron chi connectivity index (χ2n) is 3.96. The maximum absolute atomic E-state index is 12.2. The van der Waals surface area contributed by atoms with Crippen LogP contribution in [-0.2, 0) is 0 Å². The summed E-state index contributed by atoms with van der Waals surface area (Å²) < 4.78 is 6.72. The third kappa shape index (κ3) is 3.43. The summed E-state index contributed by atoms with van der Waals surface area (Å²) in [5.74, 6) is 0.337. The van der Waals surface area contributed by atoms with Gasteiger partial charge >= 0.3 is 0 Å². The highest BCUT2D eigenvalue weighted by Gasteiger charge is 2.11. The molecule has 0 bridgehead atoms. The minimum Gasteiger partial charge on any atom is -0.507 e. The fraction of sp³-hybridized carbons (Fsp3) is 0.0714. The molecule has 2 aromatic rings. The van der Waals surface area contributed by atoms with Crippen molar-refractivity contribution in [2.75, 3.05) is 12.4 Å². The summed E-state index contributed by atoms with van der Waals surface area (Å²) in [5, 5.41) is 12.4. The molecule has 104 valence electrons. The van der Waals surface area contributed by atoms with Gasteiger partial charge in [-0.15, -0.1) is 0 Å². The van der Waals surface area contributed by atoms with E-state index in [9.17, 15) is 9.90 Å². The van der Waals surface area contributed by atoms with Crippen molar-refractivity contribution in [2.45, 2.75) is 0 Å². The largest absolute Gasteiger partial charge is 0.507 e. The zero-order valence-electron chi connectivity index (χ0n) is 10.5. The first-order valence-electron chi connectivity index (χ1n) is 5.64. The van der Waals surface area contributed by atoms with Crippen LogP contribution in [0.4, 0.5) is 5.69 Å². The van der Waals surface area contributed by atoms with E-state index in [4.69, 9.17) is 4.74 Å². The van der Waals surface area contributed by atoms with Crippen molar-refractivity contribution in [3.63, 3.8) is 0 Å². The summed E-state index contributed by atoms with van der Waals surface area (Å²) in [4.78, 5) is 12.2. The molecule has 1 amide bonds. The first kappa shape index (κ1) is 15.1. The van der Waals surface area contributed by atoms with Gasteiger partial charge in [-0.3, -0.25) is 4.79 Å². The van der Waals surface area contributed by atoms with Gasteiger partial charge in [0.2, 0.25) is 0 Å². The van der Waals surface area contributed by atoms with Crippen molar-refractivity contribution in [3.8, 4) is 11.5 Å². The lowest BCUT2D eigenvalue weighted by molar-refractivity contribution is 0.102. The zero-order chi connectivity index (χ0) is 14.7. The topological polar surface area (TPSA) is 58.6 Å². The van der Waals surface area contributed by atoms with E-state index in [2.05, 4.69) is 21.2 Å². The molecule has 0 aliphatic carbocycles. The van der Waals surface area contributed by atoms with Crippen LogP contribution < -0.4 is 10.1 Å². The van der Waals surface area contributed by atoms with Gasteiger partial charge in [0, 0.05) is 10.0 Å². The fourth-order valence-electron chi connectivity index (χ4n) is 1.63. The van der Waals surface area contributed by atoms with Gasteiger partial charge in [0.25, 0.3) is 5.91 Å². The SMILES string of the molecule is COc1ccc(Br)cc1NC(=O)c1ccc(I)c(O)c1. The molecule has 0 aliphatic rings. The minimum absolute atomic E-state index is 0.0828. The smallest absolute Gasteiger partial charge is 0.255 e. The number of methoxy groups -OCH3 is 1. The van der Waals surface area contributed by atoms with Crippen molar-refractivity contribution >= 4 is 50.1 Å². The Morgan fingerprint density at radius 2 is 2.05 bits per heavy atom. The van der Waals surface area contributed by atoms with Crippen LogP contribution in [0.5, 0.6) is 11.5 Å². The molecule has 2 N–H and O–H groups in total. The first-order chi connectivity index (χ1) is 9.51. The van der Waals surface area contributed by atoms with Crippen LogP contribution in [0.25, 0.3) is 0 Å². The van der Waals surface area contributed by atoms with Crippen molar-refractivity contribution in [2.24, 2.45) is 0 Å². The Morgan fingerprint density at radius 1 is 1.30 bits per heavy atom. The number of anilines is 1. The number of benzene rings is 2. The molecule has 0 aromatic heterocycles. The summed E-state index contributed by atoms with van der Waals surface area (Å²) in [6.07, 6.45) is 0. The van der Waals surface area contributed by atoms with Gasteiger partial charge < -0.3 is 15.2 Å². The van der Waals surface area contributed by atoms with E-state index in [1.54, 1.807) is 24.3 Å². The van der Waals surface area contributed by atoms with E-state index < -0.39 is 0 Å². The molecule has 2 aromatic carbocycles. The summed E-state index contributed by atoms with van der Waals surface area (Å²) in [5.41, 5.74) is 0.940. The normalized spacial score (nSPS) is 10.2. The molecule has 0 heterocycles. The average molecular weight is 448 g/mol. The van der Waals surface area contributed by atoms with Crippen LogP contribution in [0.15, 0.2) is 40.9 Å². The van der Waals surface area contributed by atoms with Crippen LogP contribution in [0.1, 0.15) is 10.4 Å². The van der Waals surface area contributed by atoms with Gasteiger partial charge in [-0.2, -0.15) is 0 Å². The van der Waals surface area contributed by atoms with Crippen LogP contribution in [-0.4, -0.2) is 18.1 Å². The second-order valence-corrected chi connectivity index (χ2v) is 6.04. The van der Waals surface area contributed by atoms with E-state index in [0.717, 1.165) is 4.47 Å². The number of carbonyl (C=O) groups excluding carboxylic acids is 1. The minimum atomic E-state index is -0.312. The highest BCUT2D eigenvalue weighted by Crippen LogP contribution is 2.29. The van der Waals surface area contributed by atoms with Gasteiger partial charge in [-0.05, 0) is 59.0 Å². The van der Waals surface area contributed by atoms with Crippen LogP contribution in [0, 0.1) is 3.57 Å². The standard InChI is InChI=1S/C14H11BrINO3/c1-20-13-5-3-9(15)7-11(13)17-14(19)8-2-4-10(16)12(18)6-8/h2-7,18H,1H3,(H,17,19). The lowest BCUT2D eigenvalue weighted by Gasteiger charge is -2.11. The molecular weight excluding hydrogens is 437 g/mol. The van der Waals surface area contributed by atoms with Gasteiger partial charge in [0.15, 0.2) is 0 Å². The number of carbonyl (C=O) groups is 1. The van der Waals surface area contributed by atoms with E-state index >= 15 is 0 Å². The number of nitrogens with one attached hydrogen (secondary N) is 1. The quantitative estimate of drug-likeness (QED) is 0.698. The molecule has 0 saturated heterocycles. The monoisotopic (exact) mass is 447 g/mol. The predicted octanol–water partition coefficient (Wildman–Crippen LogP) is 4.02. The molecule has 0 saturated carbocycles. The van der Waals surface area contributed by atoms with Crippen molar-refractivity contribution in [3.05, 3.63) is 50.0 Å². The number of amides is 1. The van der Waals surface area contributed by atoms with Crippen molar-refractivity contribution in [1.29, 1.82) is 0 Å². The Balaban J connectivity index is 2.27. The number of hydrogen-bond donors (Lipinski definition) is 2. The van der Waals surface area contributed by atoms with E-state index in [1.807, 2.05) is 28.7 Å². The first-order valence-corrected chi connectivity index (χ1v) is 7.52. The van der Waals surface area contributed by atoms with Crippen molar-refractivity contribution in [1.82, 2.24) is 0 Å². The number of aromatic hydroxyl groups is 1. The third-order valence-corrected chi connectivity index (χ3v) is 4.02. The van der Waals surface area contributed by atoms with Crippen molar-refractivity contribution < 1.29 is 14.6 Å². The lowest BCUT2D eigenvalue weighted by Crippen LogP contribution is -2.12. The molecule has 0 atom stereocenters. The van der Waals surface area contributed by atoms with Gasteiger partial charge in [-0.1, -0.05) is 15.9 Å². The maximum atomic E-state index is 12.2. The molecule has 0 unspecified atom stereocenters. The molecular formula is C14H11BrINO3. The number of phenols is 1. The Labute approximate surface area is 138 Å². The lowest BCUT2D eigenvalue weighted by atomic mass is 10.2. The van der Waals surface area contributed by atoms with E-state index in [-0.39, 0.29) is 11.7 Å². The molecule has 20 heavy (non-hydrogen) atoms. The molecule has 6 heteroatoms. The van der Waals surface area contributed by atoms with Crippen LogP contribution in [0.2, 0.25) is 0 Å². The molecule has 0 radical (unpaired) electrons. The average Bonchev–Trinajstić information content (AvgIpc) is 2.42. The summed E-state index contributed by atoms with van der Waals surface area (Å²) in [7, 11) is 1.54. The number of halogens is 2.